The van der Waals surface area contributed by atoms with Crippen LogP contribution in [0.5, 0.6) is 0 Å². The van der Waals surface area contributed by atoms with Gasteiger partial charge < -0.3 is 14.6 Å². The van der Waals surface area contributed by atoms with Crippen molar-refractivity contribution in [1.82, 2.24) is 15.5 Å². The minimum Gasteiger partial charge on any atom is -0.379 e. The third-order valence-electron chi connectivity index (χ3n) is 3.74. The van der Waals surface area contributed by atoms with Gasteiger partial charge in [0.05, 0.1) is 19.1 Å². The van der Waals surface area contributed by atoms with Gasteiger partial charge in [0.2, 0.25) is 11.7 Å². The van der Waals surface area contributed by atoms with Crippen LogP contribution in [-0.4, -0.2) is 35.9 Å². The molecule has 112 valence electrons. The Kier molecular flexibility index (Phi) is 3.98. The molecule has 0 bridgehead atoms. The molecule has 1 aromatic carbocycles. The lowest BCUT2D eigenvalue weighted by atomic mass is 10.0. The highest BCUT2D eigenvalue weighted by Gasteiger charge is 2.33. The number of rotatable bonds is 4. The van der Waals surface area contributed by atoms with Gasteiger partial charge in [-0.05, 0) is 25.1 Å². The van der Waals surface area contributed by atoms with Gasteiger partial charge in [0.1, 0.15) is 5.82 Å². The predicted molar refractivity (Wildman–Crippen MR) is 75.5 cm³/mol. The van der Waals surface area contributed by atoms with Crippen molar-refractivity contribution in [2.75, 3.05) is 19.8 Å². The molecule has 2 unspecified atom stereocenters. The molecule has 1 aliphatic heterocycles. The van der Waals surface area contributed by atoms with Crippen LogP contribution in [0.2, 0.25) is 0 Å². The van der Waals surface area contributed by atoms with Crippen molar-refractivity contribution in [3.8, 4) is 11.4 Å². The van der Waals surface area contributed by atoms with Crippen LogP contribution in [-0.2, 0) is 4.74 Å². The van der Waals surface area contributed by atoms with Crippen LogP contribution < -0.4 is 5.32 Å². The highest BCUT2D eigenvalue weighted by atomic mass is 19.1. The number of aryl methyl sites for hydroxylation is 1. The summed E-state index contributed by atoms with van der Waals surface area (Å²) in [4.78, 5) is 4.40. The zero-order valence-corrected chi connectivity index (χ0v) is 12.1. The molecule has 6 heteroatoms. The van der Waals surface area contributed by atoms with Gasteiger partial charge in [-0.1, -0.05) is 24.2 Å². The zero-order chi connectivity index (χ0) is 14.8. The van der Waals surface area contributed by atoms with Crippen LogP contribution in [0.15, 0.2) is 22.7 Å². The number of nitrogens with zero attached hydrogens (tertiary/aromatic N) is 2. The van der Waals surface area contributed by atoms with E-state index in [0.29, 0.717) is 36.1 Å². The molecule has 1 aromatic heterocycles. The molecule has 2 aromatic rings. The fraction of sp³-hybridized carbons (Fsp3) is 0.467. The molecule has 1 fully saturated rings. The van der Waals surface area contributed by atoms with Gasteiger partial charge in [0, 0.05) is 11.6 Å². The first-order chi connectivity index (χ1) is 10.2. The Morgan fingerprint density at radius 2 is 2.24 bits per heavy atom. The Morgan fingerprint density at radius 1 is 1.38 bits per heavy atom. The van der Waals surface area contributed by atoms with E-state index in [-0.39, 0.29) is 17.8 Å². The van der Waals surface area contributed by atoms with Crippen molar-refractivity contribution in [3.63, 3.8) is 0 Å². The first-order valence-corrected chi connectivity index (χ1v) is 7.10. The number of nitrogens with one attached hydrogen (secondary N) is 1. The number of halogens is 1. The maximum absolute atomic E-state index is 13.6. The first kappa shape index (κ1) is 14.2. The largest absolute Gasteiger partial charge is 0.379 e. The molecule has 1 saturated heterocycles. The highest BCUT2D eigenvalue weighted by Crippen LogP contribution is 2.27. The summed E-state index contributed by atoms with van der Waals surface area (Å²) in [5.41, 5.74) is 1.21. The number of hydrogen-bond donors (Lipinski definition) is 1. The van der Waals surface area contributed by atoms with E-state index in [9.17, 15) is 4.39 Å². The van der Waals surface area contributed by atoms with Crippen molar-refractivity contribution in [3.05, 3.63) is 35.5 Å². The summed E-state index contributed by atoms with van der Waals surface area (Å²) in [6.07, 6.45) is 0. The molecular formula is C15H18FN3O2. The van der Waals surface area contributed by atoms with Crippen LogP contribution in [0.3, 0.4) is 0 Å². The predicted octanol–water partition coefficient (Wildman–Crippen LogP) is 2.28. The molecule has 5 nitrogen and oxygen atoms in total. The fourth-order valence-corrected chi connectivity index (χ4v) is 2.50. The van der Waals surface area contributed by atoms with Gasteiger partial charge in [-0.2, -0.15) is 4.98 Å². The van der Waals surface area contributed by atoms with Gasteiger partial charge in [-0.25, -0.2) is 4.39 Å². The van der Waals surface area contributed by atoms with Crippen molar-refractivity contribution in [1.29, 1.82) is 0 Å². The quantitative estimate of drug-likeness (QED) is 0.936. The van der Waals surface area contributed by atoms with Crippen LogP contribution in [0.1, 0.15) is 24.3 Å². The minimum atomic E-state index is -0.270. The van der Waals surface area contributed by atoms with Gasteiger partial charge in [-0.3, -0.25) is 0 Å². The number of benzene rings is 1. The second-order valence-electron chi connectivity index (χ2n) is 5.23. The molecule has 2 atom stereocenters. The first-order valence-electron chi connectivity index (χ1n) is 7.10. The maximum Gasteiger partial charge on any atom is 0.234 e. The average molecular weight is 291 g/mol. The lowest BCUT2D eigenvalue weighted by molar-refractivity contribution is 0.185. The fourth-order valence-electron chi connectivity index (χ4n) is 2.50. The average Bonchev–Trinajstić information content (AvgIpc) is 3.10. The summed E-state index contributed by atoms with van der Waals surface area (Å²) in [6, 6.07) is 5.11. The molecule has 0 radical (unpaired) electrons. The number of aromatic nitrogens is 2. The van der Waals surface area contributed by atoms with Crippen molar-refractivity contribution >= 4 is 0 Å². The standard InChI is InChI=1S/C15H18FN3O2/c1-3-17-13-8-20-7-11(13)15-18-14(19-21-15)10-5-4-9(2)12(16)6-10/h4-6,11,13,17H,3,7-8H2,1-2H3. The summed E-state index contributed by atoms with van der Waals surface area (Å²) in [6.45, 7) is 5.81. The number of likely N-dealkylation sites (N-methyl/N-ethyl adjacent to an activating group) is 1. The maximum atomic E-state index is 13.6. The summed E-state index contributed by atoms with van der Waals surface area (Å²) in [5.74, 6) is 0.718. The third kappa shape index (κ3) is 2.82. The third-order valence-corrected chi connectivity index (χ3v) is 3.74. The van der Waals surface area contributed by atoms with Crippen molar-refractivity contribution in [2.24, 2.45) is 0 Å². The van der Waals surface area contributed by atoms with Gasteiger partial charge in [0.15, 0.2) is 0 Å². The van der Waals surface area contributed by atoms with Gasteiger partial charge in [0.25, 0.3) is 0 Å². The van der Waals surface area contributed by atoms with E-state index in [1.165, 1.54) is 6.07 Å². The van der Waals surface area contributed by atoms with Crippen molar-refractivity contribution < 1.29 is 13.7 Å². The lowest BCUT2D eigenvalue weighted by Gasteiger charge is -2.13. The molecule has 0 amide bonds. The molecule has 0 aliphatic carbocycles. The monoisotopic (exact) mass is 291 g/mol. The molecule has 3 rings (SSSR count). The molecule has 21 heavy (non-hydrogen) atoms. The molecule has 0 saturated carbocycles. The summed E-state index contributed by atoms with van der Waals surface area (Å²) >= 11 is 0. The van der Waals surface area contributed by atoms with Gasteiger partial charge in [-0.15, -0.1) is 0 Å². The molecule has 1 aliphatic rings. The van der Waals surface area contributed by atoms with E-state index in [2.05, 4.69) is 15.5 Å². The van der Waals surface area contributed by atoms with Crippen LogP contribution in [0, 0.1) is 12.7 Å². The van der Waals surface area contributed by atoms with E-state index in [1.54, 1.807) is 19.1 Å². The van der Waals surface area contributed by atoms with E-state index in [4.69, 9.17) is 9.26 Å². The van der Waals surface area contributed by atoms with E-state index >= 15 is 0 Å². The molecule has 2 heterocycles. The summed E-state index contributed by atoms with van der Waals surface area (Å²) in [5, 5.41) is 7.31. The number of ether oxygens (including phenoxy) is 1. The summed E-state index contributed by atoms with van der Waals surface area (Å²) < 4.78 is 24.4. The Balaban J connectivity index is 1.84. The second kappa shape index (κ2) is 5.91. The topological polar surface area (TPSA) is 60.2 Å². The molecule has 0 spiro atoms. The van der Waals surface area contributed by atoms with Gasteiger partial charge >= 0.3 is 0 Å². The molecule has 1 N–H and O–H groups in total. The molecular weight excluding hydrogens is 273 g/mol. The van der Waals surface area contributed by atoms with E-state index < -0.39 is 0 Å². The number of hydrogen-bond acceptors (Lipinski definition) is 5. The SMILES string of the molecule is CCNC1COCC1c1nc(-c2ccc(C)c(F)c2)no1. The zero-order valence-electron chi connectivity index (χ0n) is 12.1. The van der Waals surface area contributed by atoms with E-state index in [0.717, 1.165) is 6.54 Å². The Morgan fingerprint density at radius 3 is 3.00 bits per heavy atom. The van der Waals surface area contributed by atoms with E-state index in [1.807, 2.05) is 6.92 Å². The Bertz CT molecular complexity index is 629. The lowest BCUT2D eigenvalue weighted by Crippen LogP contribution is -2.34. The van der Waals surface area contributed by atoms with Crippen LogP contribution in [0.4, 0.5) is 4.39 Å². The summed E-state index contributed by atoms with van der Waals surface area (Å²) in [7, 11) is 0. The smallest absolute Gasteiger partial charge is 0.234 e. The van der Waals surface area contributed by atoms with Crippen LogP contribution >= 0.6 is 0 Å². The normalized spacial score (nSPS) is 21.9. The Hall–Kier alpha value is -1.79. The second-order valence-corrected chi connectivity index (χ2v) is 5.23. The Labute approximate surface area is 122 Å². The van der Waals surface area contributed by atoms with Crippen molar-refractivity contribution in [2.45, 2.75) is 25.8 Å². The van der Waals surface area contributed by atoms with Crippen LogP contribution in [0.25, 0.3) is 11.4 Å². The highest BCUT2D eigenvalue weighted by molar-refractivity contribution is 5.55. The minimum absolute atomic E-state index is 0.0431.